The Kier molecular flexibility index (Phi) is 5.23. The van der Waals surface area contributed by atoms with Gasteiger partial charge in [0.05, 0.1) is 11.6 Å². The Morgan fingerprint density at radius 3 is 1.80 bits per heavy atom. The third-order valence-corrected chi connectivity index (χ3v) is 8.08. The van der Waals surface area contributed by atoms with E-state index in [-0.39, 0.29) is 0 Å². The van der Waals surface area contributed by atoms with Gasteiger partial charge in [0.15, 0.2) is 0 Å². The van der Waals surface area contributed by atoms with E-state index >= 15 is 0 Å². The van der Waals surface area contributed by atoms with E-state index in [1.165, 1.54) is 38.4 Å². The Bertz CT molecular complexity index is 2320. The van der Waals surface area contributed by atoms with Crippen LogP contribution in [0.2, 0.25) is 0 Å². The third-order valence-electron chi connectivity index (χ3n) is 8.08. The van der Waals surface area contributed by atoms with Crippen LogP contribution in [0, 0.1) is 11.3 Å². The lowest BCUT2D eigenvalue weighted by molar-refractivity contribution is 0.672. The summed E-state index contributed by atoms with van der Waals surface area (Å²) in [7, 11) is 0. The van der Waals surface area contributed by atoms with E-state index in [4.69, 9.17) is 4.42 Å². The predicted octanol–water partition coefficient (Wildman–Crippen LogP) is 10.8. The largest absolute Gasteiger partial charge is 0.455 e. The molecule has 2 nitrogen and oxygen atoms in total. The van der Waals surface area contributed by atoms with Crippen molar-refractivity contribution in [3.63, 3.8) is 0 Å². The van der Waals surface area contributed by atoms with Crippen molar-refractivity contribution in [1.29, 1.82) is 5.26 Å². The summed E-state index contributed by atoms with van der Waals surface area (Å²) in [5.41, 5.74) is 9.44. The molecule has 0 unspecified atom stereocenters. The quantitative estimate of drug-likeness (QED) is 0.232. The Labute approximate surface area is 237 Å². The van der Waals surface area contributed by atoms with Crippen LogP contribution < -0.4 is 0 Å². The van der Waals surface area contributed by atoms with Crippen LogP contribution in [0.1, 0.15) is 5.56 Å². The van der Waals surface area contributed by atoms with Gasteiger partial charge in [0.1, 0.15) is 11.2 Å². The summed E-state index contributed by atoms with van der Waals surface area (Å²) in [6, 6.07) is 51.0. The molecule has 0 amide bonds. The first-order chi connectivity index (χ1) is 20.2. The topological polar surface area (TPSA) is 36.9 Å². The lowest BCUT2D eigenvalue weighted by Gasteiger charge is -2.11. The van der Waals surface area contributed by atoms with Crippen LogP contribution in [0.4, 0.5) is 0 Å². The number of hydrogen-bond acceptors (Lipinski definition) is 2. The molecule has 0 N–H and O–H groups in total. The molecule has 8 aromatic rings. The van der Waals surface area contributed by atoms with Gasteiger partial charge in [0, 0.05) is 16.2 Å². The summed E-state index contributed by atoms with van der Waals surface area (Å²) in [6.45, 7) is 0. The van der Waals surface area contributed by atoms with Crippen molar-refractivity contribution in [2.75, 3.05) is 0 Å². The maximum Gasteiger partial charge on any atom is 0.143 e. The van der Waals surface area contributed by atoms with Gasteiger partial charge in [-0.2, -0.15) is 5.26 Å². The average Bonchev–Trinajstić information content (AvgIpc) is 3.43. The summed E-state index contributed by atoms with van der Waals surface area (Å²) in [4.78, 5) is 0. The van der Waals surface area contributed by atoms with Gasteiger partial charge in [-0.3, -0.25) is 0 Å². The zero-order valence-corrected chi connectivity index (χ0v) is 22.1. The van der Waals surface area contributed by atoms with Crippen molar-refractivity contribution in [2.24, 2.45) is 0 Å². The van der Waals surface area contributed by atoms with E-state index in [1.54, 1.807) is 0 Å². The molecule has 0 atom stereocenters. The fraction of sp³-hybridized carbons (Fsp3) is 0. The molecular weight excluding hydrogens is 498 g/mol. The van der Waals surface area contributed by atoms with Crippen LogP contribution in [0.3, 0.4) is 0 Å². The molecule has 0 aliphatic rings. The molecule has 0 aliphatic carbocycles. The minimum atomic E-state index is 0.673. The first-order valence-corrected chi connectivity index (χ1v) is 13.7. The second-order valence-electron chi connectivity index (χ2n) is 10.5. The molecule has 2 heteroatoms. The zero-order valence-electron chi connectivity index (χ0n) is 22.1. The molecule has 1 aromatic heterocycles. The van der Waals surface area contributed by atoms with Gasteiger partial charge in [0.2, 0.25) is 0 Å². The summed E-state index contributed by atoms with van der Waals surface area (Å²) in [5.74, 6) is 0. The van der Waals surface area contributed by atoms with Gasteiger partial charge in [-0.25, -0.2) is 0 Å². The summed E-state index contributed by atoms with van der Waals surface area (Å²) in [5, 5.41) is 16.3. The van der Waals surface area contributed by atoms with E-state index in [0.29, 0.717) is 5.56 Å². The summed E-state index contributed by atoms with van der Waals surface area (Å²) in [6.07, 6.45) is 0. The van der Waals surface area contributed by atoms with Crippen LogP contribution in [-0.4, -0.2) is 0 Å². The number of nitriles is 1. The normalized spacial score (nSPS) is 11.4. The second kappa shape index (κ2) is 9.23. The predicted molar refractivity (Wildman–Crippen MR) is 170 cm³/mol. The van der Waals surface area contributed by atoms with Crippen LogP contribution in [-0.2, 0) is 0 Å². The minimum absolute atomic E-state index is 0.673. The number of benzene rings is 7. The Morgan fingerprint density at radius 1 is 0.439 bits per heavy atom. The molecule has 0 saturated carbocycles. The molecule has 41 heavy (non-hydrogen) atoms. The average molecular weight is 522 g/mol. The molecule has 190 valence electrons. The Hall–Kier alpha value is -5.65. The van der Waals surface area contributed by atoms with E-state index in [9.17, 15) is 5.26 Å². The van der Waals surface area contributed by atoms with Gasteiger partial charge >= 0.3 is 0 Å². The van der Waals surface area contributed by atoms with Crippen molar-refractivity contribution < 1.29 is 4.42 Å². The van der Waals surface area contributed by atoms with Crippen LogP contribution in [0.15, 0.2) is 144 Å². The van der Waals surface area contributed by atoms with Gasteiger partial charge in [-0.15, -0.1) is 0 Å². The third kappa shape index (κ3) is 3.87. The summed E-state index contributed by atoms with van der Waals surface area (Å²) >= 11 is 0. The highest BCUT2D eigenvalue weighted by Crippen LogP contribution is 2.40. The van der Waals surface area contributed by atoms with Gasteiger partial charge in [0.25, 0.3) is 0 Å². The first kappa shape index (κ1) is 23.3. The van der Waals surface area contributed by atoms with E-state index < -0.39 is 0 Å². The second-order valence-corrected chi connectivity index (χ2v) is 10.5. The number of furan rings is 1. The Balaban J connectivity index is 1.20. The number of para-hydroxylation sites is 1. The van der Waals surface area contributed by atoms with Crippen molar-refractivity contribution in [2.45, 2.75) is 0 Å². The van der Waals surface area contributed by atoms with E-state index in [2.05, 4.69) is 109 Å². The van der Waals surface area contributed by atoms with Crippen LogP contribution >= 0.6 is 0 Å². The number of rotatable bonds is 3. The fourth-order valence-corrected chi connectivity index (χ4v) is 6.00. The molecule has 0 saturated heterocycles. The number of nitrogens with zero attached hydrogens (tertiary/aromatic N) is 1. The highest BCUT2D eigenvalue weighted by Gasteiger charge is 2.15. The molecule has 0 aliphatic heterocycles. The molecular formula is C39H23NO. The lowest BCUT2D eigenvalue weighted by atomic mass is 9.93. The van der Waals surface area contributed by atoms with E-state index in [1.807, 2.05) is 36.4 Å². The Morgan fingerprint density at radius 2 is 1.05 bits per heavy atom. The van der Waals surface area contributed by atoms with E-state index in [0.717, 1.165) is 38.5 Å². The highest BCUT2D eigenvalue weighted by molar-refractivity contribution is 6.19. The molecule has 1 heterocycles. The SMILES string of the molecule is N#Cc1cccc(-c2ccc(-c3ccc4cc(-c5cc6c7ccccc7oc6c6ccccc56)ccc4c3)cc2)c1. The lowest BCUT2D eigenvalue weighted by Crippen LogP contribution is -1.85. The first-order valence-electron chi connectivity index (χ1n) is 13.7. The maximum absolute atomic E-state index is 9.23. The van der Waals surface area contributed by atoms with Crippen molar-refractivity contribution in [1.82, 2.24) is 0 Å². The molecule has 0 bridgehead atoms. The van der Waals surface area contributed by atoms with Crippen molar-refractivity contribution in [3.05, 3.63) is 145 Å². The molecule has 0 fully saturated rings. The molecule has 0 spiro atoms. The molecule has 0 radical (unpaired) electrons. The monoisotopic (exact) mass is 521 g/mol. The summed E-state index contributed by atoms with van der Waals surface area (Å²) < 4.78 is 6.31. The van der Waals surface area contributed by atoms with Crippen LogP contribution in [0.5, 0.6) is 0 Å². The smallest absolute Gasteiger partial charge is 0.143 e. The van der Waals surface area contributed by atoms with Crippen molar-refractivity contribution >= 4 is 43.5 Å². The fourth-order valence-electron chi connectivity index (χ4n) is 6.00. The number of fused-ring (bicyclic) bond motifs is 6. The van der Waals surface area contributed by atoms with Gasteiger partial charge in [-0.1, -0.05) is 103 Å². The zero-order chi connectivity index (χ0) is 27.3. The maximum atomic E-state index is 9.23. The minimum Gasteiger partial charge on any atom is -0.455 e. The number of hydrogen-bond donors (Lipinski definition) is 0. The molecule has 7 aromatic carbocycles. The van der Waals surface area contributed by atoms with Gasteiger partial charge < -0.3 is 4.42 Å². The standard InChI is InChI=1S/C39H23NO/c40-24-25-6-5-7-28(20-25)26-12-14-27(15-13-26)29-16-17-31-22-32(19-18-30(31)21-29)36-23-37-34-9-3-4-11-38(34)41-39(37)35-10-2-1-8-33(35)36/h1-23H. The van der Waals surface area contributed by atoms with Crippen molar-refractivity contribution in [3.8, 4) is 39.4 Å². The molecule has 8 rings (SSSR count). The van der Waals surface area contributed by atoms with Crippen LogP contribution in [0.25, 0.3) is 76.9 Å². The highest BCUT2D eigenvalue weighted by atomic mass is 16.3. The van der Waals surface area contributed by atoms with Gasteiger partial charge in [-0.05, 0) is 85.9 Å².